The van der Waals surface area contributed by atoms with E-state index >= 15 is 0 Å². The third-order valence-electron chi connectivity index (χ3n) is 3.04. The molecule has 1 aromatic carbocycles. The number of halogens is 2. The summed E-state index contributed by atoms with van der Waals surface area (Å²) < 4.78 is 0. The molecule has 126 valence electrons. The van der Waals surface area contributed by atoms with Crippen molar-refractivity contribution in [1.29, 1.82) is 0 Å². The minimum Gasteiger partial charge on any atom is -0.426 e. The molecular weight excluding hydrogens is 342 g/mol. The molecule has 0 fully saturated rings. The van der Waals surface area contributed by atoms with Crippen molar-refractivity contribution in [3.05, 3.63) is 33.8 Å². The van der Waals surface area contributed by atoms with Gasteiger partial charge >= 0.3 is 7.12 Å². The van der Waals surface area contributed by atoms with Gasteiger partial charge in [0.1, 0.15) is 0 Å². The molecule has 23 heavy (non-hydrogen) atoms. The van der Waals surface area contributed by atoms with Crippen molar-refractivity contribution in [2.24, 2.45) is 5.92 Å². The molecule has 6 nitrogen and oxygen atoms in total. The van der Waals surface area contributed by atoms with Crippen LogP contribution in [0.4, 0.5) is 0 Å². The molecule has 2 amide bonds. The van der Waals surface area contributed by atoms with Crippen LogP contribution in [0.3, 0.4) is 0 Å². The van der Waals surface area contributed by atoms with E-state index in [0.717, 1.165) is 0 Å². The molecule has 0 spiro atoms. The fourth-order valence-electron chi connectivity index (χ4n) is 1.95. The highest BCUT2D eigenvalue weighted by molar-refractivity contribution is 6.43. The van der Waals surface area contributed by atoms with Crippen LogP contribution in [0.1, 0.15) is 30.6 Å². The first-order valence-corrected chi connectivity index (χ1v) is 7.85. The van der Waals surface area contributed by atoms with E-state index in [9.17, 15) is 19.6 Å². The van der Waals surface area contributed by atoms with Gasteiger partial charge in [-0.05, 0) is 30.5 Å². The lowest BCUT2D eigenvalue weighted by atomic mass is 9.75. The number of hydrogen-bond donors (Lipinski definition) is 4. The number of benzene rings is 1. The van der Waals surface area contributed by atoms with Gasteiger partial charge in [0.05, 0.1) is 17.1 Å². The van der Waals surface area contributed by atoms with Crippen molar-refractivity contribution in [2.45, 2.75) is 26.2 Å². The predicted molar refractivity (Wildman–Crippen MR) is 90.4 cm³/mol. The summed E-state index contributed by atoms with van der Waals surface area (Å²) in [6.07, 6.45) is 0.471. The van der Waals surface area contributed by atoms with Crippen LogP contribution < -0.4 is 10.6 Å². The molecule has 0 saturated heterocycles. The zero-order valence-corrected chi connectivity index (χ0v) is 14.4. The van der Waals surface area contributed by atoms with Gasteiger partial charge in [0.25, 0.3) is 5.91 Å². The molecule has 0 unspecified atom stereocenters. The number of imide groups is 1. The largest absolute Gasteiger partial charge is 0.469 e. The zero-order valence-electron chi connectivity index (χ0n) is 12.8. The van der Waals surface area contributed by atoms with Crippen LogP contribution in [0.2, 0.25) is 10.0 Å². The number of hydrogen-bond acceptors (Lipinski definition) is 5. The topological polar surface area (TPSA) is 98.7 Å². The average molecular weight is 361 g/mol. The van der Waals surface area contributed by atoms with Crippen LogP contribution in [0, 0.1) is 5.92 Å². The predicted octanol–water partition coefficient (Wildman–Crippen LogP) is 1.27. The number of carbonyl (C=O) groups excluding carboxylic acids is 2. The zero-order chi connectivity index (χ0) is 17.6. The van der Waals surface area contributed by atoms with Crippen LogP contribution in [0.25, 0.3) is 0 Å². The number of nitrogens with one attached hydrogen (secondary N) is 2. The quantitative estimate of drug-likeness (QED) is 0.549. The molecule has 1 aromatic rings. The van der Waals surface area contributed by atoms with Gasteiger partial charge in [0, 0.05) is 11.0 Å². The van der Waals surface area contributed by atoms with E-state index in [1.54, 1.807) is 0 Å². The van der Waals surface area contributed by atoms with Gasteiger partial charge in [-0.1, -0.05) is 37.0 Å². The smallest absolute Gasteiger partial charge is 0.426 e. The Morgan fingerprint density at radius 2 is 1.91 bits per heavy atom. The van der Waals surface area contributed by atoms with E-state index in [0.29, 0.717) is 11.4 Å². The van der Waals surface area contributed by atoms with E-state index in [1.165, 1.54) is 18.2 Å². The normalized spacial score (nSPS) is 12.1. The lowest BCUT2D eigenvalue weighted by molar-refractivity contribution is -0.119. The Balaban J connectivity index is 2.58. The molecule has 0 bridgehead atoms. The molecule has 0 aliphatic rings. The van der Waals surface area contributed by atoms with Gasteiger partial charge < -0.3 is 15.4 Å². The monoisotopic (exact) mass is 360 g/mol. The molecular formula is C14H19BCl2N2O4. The number of amides is 2. The first-order chi connectivity index (χ1) is 10.7. The highest BCUT2D eigenvalue weighted by Gasteiger charge is 2.25. The van der Waals surface area contributed by atoms with Crippen LogP contribution in [-0.4, -0.2) is 41.5 Å². The van der Waals surface area contributed by atoms with Gasteiger partial charge in [-0.25, -0.2) is 0 Å². The van der Waals surface area contributed by atoms with Crippen molar-refractivity contribution < 1.29 is 19.6 Å². The summed E-state index contributed by atoms with van der Waals surface area (Å²) in [6.45, 7) is 3.60. The molecule has 9 heteroatoms. The summed E-state index contributed by atoms with van der Waals surface area (Å²) in [4.78, 5) is 23.8. The molecule has 4 N–H and O–H groups in total. The number of carbonyl (C=O) groups is 2. The SMILES string of the molecule is CC(C)C[C@H](NCC(=O)NC(=O)c1cc(Cl)ccc1Cl)B(O)O. The molecule has 0 aromatic heterocycles. The maximum Gasteiger partial charge on any atom is 0.469 e. The molecule has 1 atom stereocenters. The molecule has 0 aliphatic carbocycles. The van der Waals surface area contributed by atoms with Crippen molar-refractivity contribution in [2.75, 3.05) is 6.54 Å². The molecule has 0 radical (unpaired) electrons. The maximum atomic E-state index is 12.0. The maximum absolute atomic E-state index is 12.0. The molecule has 0 heterocycles. The third-order valence-corrected chi connectivity index (χ3v) is 3.60. The Kier molecular flexibility index (Phi) is 8.01. The lowest BCUT2D eigenvalue weighted by Crippen LogP contribution is -2.48. The molecule has 0 aliphatic heterocycles. The van der Waals surface area contributed by atoms with Crippen molar-refractivity contribution in [1.82, 2.24) is 10.6 Å². The second kappa shape index (κ2) is 9.25. The second-order valence-corrected chi connectivity index (χ2v) is 6.38. The summed E-state index contributed by atoms with van der Waals surface area (Å²) >= 11 is 11.7. The Morgan fingerprint density at radius 1 is 1.26 bits per heavy atom. The highest BCUT2D eigenvalue weighted by Crippen LogP contribution is 2.20. The van der Waals surface area contributed by atoms with Gasteiger partial charge in [-0.2, -0.15) is 0 Å². The van der Waals surface area contributed by atoms with E-state index in [1.807, 2.05) is 13.8 Å². The lowest BCUT2D eigenvalue weighted by Gasteiger charge is -2.19. The van der Waals surface area contributed by atoms with Gasteiger partial charge in [-0.3, -0.25) is 14.9 Å². The van der Waals surface area contributed by atoms with E-state index in [4.69, 9.17) is 23.2 Å². The minimum absolute atomic E-state index is 0.0911. The van der Waals surface area contributed by atoms with Crippen LogP contribution >= 0.6 is 23.2 Å². The second-order valence-electron chi connectivity index (χ2n) is 5.53. The Morgan fingerprint density at radius 3 is 2.48 bits per heavy atom. The fourth-order valence-corrected chi connectivity index (χ4v) is 2.33. The van der Waals surface area contributed by atoms with E-state index in [2.05, 4.69) is 10.6 Å². The Bertz CT molecular complexity index is 570. The summed E-state index contributed by atoms with van der Waals surface area (Å²) in [5, 5.41) is 23.9. The van der Waals surface area contributed by atoms with Gasteiger partial charge in [0.2, 0.25) is 5.91 Å². The summed E-state index contributed by atoms with van der Waals surface area (Å²) in [6, 6.07) is 4.35. The number of rotatable bonds is 7. The molecule has 0 saturated carbocycles. The van der Waals surface area contributed by atoms with Crippen molar-refractivity contribution in [3.8, 4) is 0 Å². The van der Waals surface area contributed by atoms with Crippen LogP contribution in [0.15, 0.2) is 18.2 Å². The minimum atomic E-state index is -1.59. The van der Waals surface area contributed by atoms with Crippen LogP contribution in [0.5, 0.6) is 0 Å². The van der Waals surface area contributed by atoms with E-state index in [-0.39, 0.29) is 23.0 Å². The summed E-state index contributed by atoms with van der Waals surface area (Å²) in [7, 11) is -1.59. The Labute approximate surface area is 145 Å². The molecule has 1 rings (SSSR count). The standard InChI is InChI=1S/C14H19BCl2N2O4/c1-8(2)5-12(15(22)23)18-7-13(20)19-14(21)10-6-9(16)3-4-11(10)17/h3-4,6,8,12,18,22-23H,5,7H2,1-2H3,(H,19,20,21)/t12-/m0/s1. The van der Waals surface area contributed by atoms with Crippen molar-refractivity contribution >= 4 is 42.1 Å². The van der Waals surface area contributed by atoms with Gasteiger partial charge in [0.15, 0.2) is 0 Å². The first kappa shape index (κ1) is 19.9. The fraction of sp³-hybridized carbons (Fsp3) is 0.429. The Hall–Kier alpha value is -1.12. The van der Waals surface area contributed by atoms with Gasteiger partial charge in [-0.15, -0.1) is 0 Å². The average Bonchev–Trinajstić information content (AvgIpc) is 2.45. The highest BCUT2D eigenvalue weighted by atomic mass is 35.5. The van der Waals surface area contributed by atoms with Crippen LogP contribution in [-0.2, 0) is 4.79 Å². The summed E-state index contributed by atoms with van der Waals surface area (Å²) in [5.41, 5.74) is 0.0911. The summed E-state index contributed by atoms with van der Waals surface area (Å²) in [5.74, 6) is -1.73. The third kappa shape index (κ3) is 6.89. The van der Waals surface area contributed by atoms with E-state index < -0.39 is 24.9 Å². The van der Waals surface area contributed by atoms with Crippen molar-refractivity contribution in [3.63, 3.8) is 0 Å². The first-order valence-electron chi connectivity index (χ1n) is 7.09.